The van der Waals surface area contributed by atoms with E-state index in [0.29, 0.717) is 78.7 Å². The summed E-state index contributed by atoms with van der Waals surface area (Å²) in [6.45, 7) is 21.4. The summed E-state index contributed by atoms with van der Waals surface area (Å²) in [7, 11) is 3.22. The minimum absolute atomic E-state index is 0. The number of fused-ring (bicyclic) bond motifs is 3. The third-order valence-corrected chi connectivity index (χ3v) is 19.8. The van der Waals surface area contributed by atoms with Gasteiger partial charge in [-0.15, -0.1) is 0 Å². The molecule has 0 radical (unpaired) electrons. The smallest absolute Gasteiger partial charge is 0.331 e. The van der Waals surface area contributed by atoms with Gasteiger partial charge in [0.05, 0.1) is 77.9 Å². The Balaban J connectivity index is -0.000000494. The Morgan fingerprint density at radius 3 is 1.20 bits per heavy atom. The van der Waals surface area contributed by atoms with Crippen LogP contribution < -0.4 is 49.1 Å². The van der Waals surface area contributed by atoms with Crippen molar-refractivity contribution in [1.29, 1.82) is 0 Å². The van der Waals surface area contributed by atoms with E-state index in [9.17, 15) is 67.1 Å². The summed E-state index contributed by atoms with van der Waals surface area (Å²) in [6, 6.07) is 15.3. The van der Waals surface area contributed by atoms with Gasteiger partial charge in [0.15, 0.2) is 0 Å². The average Bonchev–Trinajstić information content (AvgIpc) is 1.62. The number of ether oxygens (including phenoxy) is 8. The predicted octanol–water partition coefficient (Wildman–Crippen LogP) is 6.47. The number of nitrogens with two attached hydrogens (primary N) is 3. The number of rotatable bonds is 48. The molecule has 1 aliphatic carbocycles. The molecule has 0 saturated heterocycles. The number of nitrogens with zero attached hydrogens (tertiary/aromatic N) is 2. The number of primary amides is 1. The molecule has 0 bridgehead atoms. The normalized spacial score (nSPS) is 12.7. The van der Waals surface area contributed by atoms with Gasteiger partial charge in [-0.25, -0.2) is 4.79 Å². The number of esters is 4. The molecule has 9 amide bonds. The first-order valence-corrected chi connectivity index (χ1v) is 48.3. The van der Waals surface area contributed by atoms with Gasteiger partial charge in [0.1, 0.15) is 43.2 Å². The van der Waals surface area contributed by atoms with E-state index in [-0.39, 0.29) is 200 Å². The van der Waals surface area contributed by atoms with Crippen molar-refractivity contribution in [1.82, 2.24) is 41.7 Å². The van der Waals surface area contributed by atoms with Gasteiger partial charge in [-0.05, 0) is 180 Å². The number of unbranched alkanes of at least 4 members (excludes halogenated alkanes) is 2. The van der Waals surface area contributed by atoms with Gasteiger partial charge in [0, 0.05) is 103 Å². The van der Waals surface area contributed by atoms with Gasteiger partial charge < -0.3 is 81.5 Å². The number of hydrogen-bond acceptors (Lipinski definition) is 32. The monoisotopic (exact) mass is 1900 g/mol. The number of carbonyl (C=O) groups excluding carboxylic acids is 14. The van der Waals surface area contributed by atoms with Crippen molar-refractivity contribution in [2.24, 2.45) is 17.2 Å². The lowest BCUT2D eigenvalue weighted by atomic mass is 9.98. The quantitative estimate of drug-likeness (QED) is 0.00847. The Bertz CT molecular complexity index is 3510. The standard InChI is InChI=1S/C25H39N4O9PS.C20H34N6O7.C16H14O3.2C6H11O2PS.C2H7N.3CH4.P2S2/c1-25(2,3)38-23(34)16-28-18(24(35)39-40)6-4-5-10-26-20(31)17-37-15-14-36-13-11-27-19(30)9-12-29-21(32)7-8-22(29)33;21-14-25-15(20(22)31)3-1-2-7-23-17(28)13-33-12-11-32-10-8-24-16(27)6-9-26-18(29)4-5-19(26)30;17-9-16(18)19-10-15-13-7-3-1-5-11(13)12-6-2-4-8-14(12)15;2*1-6(2,3)8-5(7)4-9-10;1-2-3;;;;3-1-2-4/h7-8,18,28H,4-6,9-17H2,1-3H3,(H,26,31)(H,27,30);4-5,15,25H,1-3,6-14,21H2,(H2,22,31)(H,23,28)(H,24,27);1-8,15,17H,9-10H2;2*4H2,1-3H3;2-3H2,1H3;3*1H4;. The van der Waals surface area contributed by atoms with Crippen molar-refractivity contribution in [3.8, 4) is 11.1 Å². The molecule has 0 saturated carbocycles. The van der Waals surface area contributed by atoms with Gasteiger partial charge in [-0.2, -0.15) is 0 Å². The second-order valence-electron chi connectivity index (χ2n) is 27.7. The number of benzene rings is 2. The third-order valence-electron chi connectivity index (χ3n) is 14.5. The van der Waals surface area contributed by atoms with Crippen molar-refractivity contribution in [3.05, 3.63) is 84.0 Å². The first-order valence-electron chi connectivity index (χ1n) is 37.6. The highest BCUT2D eigenvalue weighted by molar-refractivity contribution is 8.40. The van der Waals surface area contributed by atoms with Crippen LogP contribution in [0.25, 0.3) is 11.1 Å². The topological polar surface area (TPSA) is 490 Å². The van der Waals surface area contributed by atoms with Gasteiger partial charge >= 0.3 is 23.9 Å². The van der Waals surface area contributed by atoms with E-state index >= 15 is 0 Å². The maximum absolute atomic E-state index is 12.1. The van der Waals surface area contributed by atoms with E-state index in [1.807, 2.05) is 72.7 Å². The van der Waals surface area contributed by atoms with Crippen molar-refractivity contribution in [2.45, 2.75) is 178 Å². The molecular formula is C78H128N11O23P5S5. The molecule has 0 aromatic heterocycles. The van der Waals surface area contributed by atoms with Crippen molar-refractivity contribution < 1.29 is 110 Å². The number of imide groups is 2. The van der Waals surface area contributed by atoms with E-state index in [0.717, 1.165) is 30.4 Å². The van der Waals surface area contributed by atoms with Crippen molar-refractivity contribution >= 4 is 178 Å². The highest BCUT2D eigenvalue weighted by atomic mass is 32.7. The Labute approximate surface area is 752 Å². The molecule has 122 heavy (non-hydrogen) atoms. The Morgan fingerprint density at radius 1 is 0.492 bits per heavy atom. The highest BCUT2D eigenvalue weighted by Gasteiger charge is 2.30. The second-order valence-corrected chi connectivity index (χ2v) is 35.9. The van der Waals surface area contributed by atoms with Crippen LogP contribution in [0.1, 0.15) is 160 Å². The molecule has 3 aliphatic rings. The number of hydrogen-bond donors (Lipinski definition) is 10. The second kappa shape index (κ2) is 74.6. The van der Waals surface area contributed by atoms with Gasteiger partial charge in [-0.3, -0.25) is 82.8 Å². The molecule has 5 rings (SSSR count). The zero-order valence-electron chi connectivity index (χ0n) is 69.0. The SMILES string of the molecule is C.C.C.CC(C)(C)OC(=O)CNC(CCCCNC(=O)COCCOCCNC(=O)CCN1C(=O)C=CC1=O)C(=O)P=S.CC(C)(C)OC(=O)CP=S.CC(C)(C)OC(=O)CP=S.CCN.NCNC(CCCCNC(=O)COCCOCCNC(=O)CCN1C(=O)C=CC1=O)C(N)=O.O=C(CO)OCC1c2ccccc2-c2ccccc21.S=PP=S. The summed E-state index contributed by atoms with van der Waals surface area (Å²) in [6.07, 6.45) is 9.03. The Hall–Kier alpha value is -6.66. The first-order chi connectivity index (χ1) is 56.3. The summed E-state index contributed by atoms with van der Waals surface area (Å²) in [5.74, 6) is -4.67. The first kappa shape index (κ1) is 124. The molecule has 0 spiro atoms. The molecule has 2 unspecified atom stereocenters. The predicted molar refractivity (Wildman–Crippen MR) is 491 cm³/mol. The summed E-state index contributed by atoms with van der Waals surface area (Å²) in [4.78, 5) is 162. The van der Waals surface area contributed by atoms with E-state index in [1.54, 1.807) is 20.8 Å². The lowest BCUT2D eigenvalue weighted by Gasteiger charge is -2.21. The largest absolute Gasteiger partial charge is 0.463 e. The molecule has 2 aliphatic heterocycles. The molecule has 2 heterocycles. The van der Waals surface area contributed by atoms with Crippen LogP contribution in [0, 0.1) is 0 Å². The highest BCUT2D eigenvalue weighted by Crippen LogP contribution is 2.44. The molecule has 34 nitrogen and oxygen atoms in total. The zero-order chi connectivity index (χ0) is 90.2. The number of carbonyl (C=O) groups is 14. The van der Waals surface area contributed by atoms with E-state index < -0.39 is 65.8 Å². The van der Waals surface area contributed by atoms with Crippen molar-refractivity contribution in [3.63, 3.8) is 0 Å². The van der Waals surface area contributed by atoms with Crippen LogP contribution in [0.5, 0.6) is 0 Å². The van der Waals surface area contributed by atoms with Crippen molar-refractivity contribution in [2.75, 3.05) is 137 Å². The molecular weight excluding hydrogens is 1770 g/mol. The third kappa shape index (κ3) is 65.0. The van der Waals surface area contributed by atoms with Crippen LogP contribution in [-0.2, 0) is 164 Å². The lowest BCUT2D eigenvalue weighted by molar-refractivity contribution is -0.154. The fraction of sp³-hybridized carbons (Fsp3) is 0.615. The molecule has 44 heteroatoms. The number of nitrogens with one attached hydrogen (secondary N) is 6. The number of aliphatic hydroxyl groups is 1. The molecule has 2 aromatic rings. The van der Waals surface area contributed by atoms with Crippen LogP contribution in [0.4, 0.5) is 0 Å². The van der Waals surface area contributed by atoms with Crippen LogP contribution in [0.2, 0.25) is 0 Å². The number of aliphatic hydroxyl groups excluding tert-OH is 1. The van der Waals surface area contributed by atoms with Crippen LogP contribution in [-0.4, -0.2) is 264 Å². The van der Waals surface area contributed by atoms with Crippen LogP contribution in [0.15, 0.2) is 72.8 Å². The van der Waals surface area contributed by atoms with E-state index in [4.69, 9.17) is 72.0 Å². The zero-order valence-corrected chi connectivity index (χ0v) is 77.6. The molecule has 2 aromatic carbocycles. The number of amides is 9. The molecule has 2 atom stereocenters. The van der Waals surface area contributed by atoms with Gasteiger partial charge in [-0.1, -0.05) is 101 Å². The Morgan fingerprint density at radius 2 is 0.852 bits per heavy atom. The fourth-order valence-corrected chi connectivity index (χ4v) is 11.4. The fourth-order valence-electron chi connectivity index (χ4n) is 9.67. The van der Waals surface area contributed by atoms with E-state index in [2.05, 4.69) is 103 Å². The minimum atomic E-state index is -0.607. The summed E-state index contributed by atoms with van der Waals surface area (Å²) < 4.78 is 41.4. The molecule has 688 valence electrons. The average molecular weight is 1900 g/mol. The maximum atomic E-state index is 12.1. The van der Waals surface area contributed by atoms with Crippen LogP contribution >= 0.6 is 36.2 Å². The summed E-state index contributed by atoms with van der Waals surface area (Å²) in [5, 5.41) is 25.1. The Kier molecular flexibility index (Phi) is 75.7. The summed E-state index contributed by atoms with van der Waals surface area (Å²) in [5.41, 5.74) is 18.6. The van der Waals surface area contributed by atoms with Gasteiger partial charge in [0.2, 0.25) is 35.1 Å². The lowest BCUT2D eigenvalue weighted by Crippen LogP contribution is -2.43. The molecule has 13 N–H and O–H groups in total. The van der Waals surface area contributed by atoms with Crippen LogP contribution in [0.3, 0.4) is 0 Å². The maximum Gasteiger partial charge on any atom is 0.331 e. The van der Waals surface area contributed by atoms with Gasteiger partial charge in [0.25, 0.3) is 23.6 Å². The molecule has 0 fully saturated rings. The van der Waals surface area contributed by atoms with E-state index in [1.165, 1.54) is 46.6 Å². The summed E-state index contributed by atoms with van der Waals surface area (Å²) >= 11 is 22.8. The minimum Gasteiger partial charge on any atom is -0.463 e.